The van der Waals surface area contributed by atoms with Gasteiger partial charge < -0.3 is 0 Å². The van der Waals surface area contributed by atoms with Crippen LogP contribution in [-0.2, 0) is 9.78 Å². The van der Waals surface area contributed by atoms with E-state index in [-0.39, 0.29) is 6.10 Å². The molecule has 0 amide bonds. The molecule has 0 aliphatic heterocycles. The van der Waals surface area contributed by atoms with E-state index < -0.39 is 5.97 Å². The maximum Gasteiger partial charge on any atom is 0.373 e. The van der Waals surface area contributed by atoms with Crippen molar-refractivity contribution in [2.75, 3.05) is 6.26 Å². The highest BCUT2D eigenvalue weighted by Crippen LogP contribution is 2.21. The zero-order chi connectivity index (χ0) is 12.1. The Balaban J connectivity index is 1.85. The highest BCUT2D eigenvalue weighted by atomic mass is 32.2. The molecule has 2 rings (SSSR count). The van der Waals surface area contributed by atoms with Crippen molar-refractivity contribution in [2.24, 2.45) is 0 Å². The van der Waals surface area contributed by atoms with Crippen LogP contribution < -0.4 is 0 Å². The Morgan fingerprint density at radius 3 is 2.47 bits per heavy atom. The molecule has 0 spiro atoms. The minimum absolute atomic E-state index is 0.0874. The minimum Gasteiger partial charge on any atom is -0.293 e. The predicted molar refractivity (Wildman–Crippen MR) is 67.0 cm³/mol. The van der Waals surface area contributed by atoms with Crippen molar-refractivity contribution in [3.05, 3.63) is 29.8 Å². The summed E-state index contributed by atoms with van der Waals surface area (Å²) in [5, 5.41) is 0. The van der Waals surface area contributed by atoms with Crippen LogP contribution in [0.3, 0.4) is 0 Å². The molecule has 17 heavy (non-hydrogen) atoms. The summed E-state index contributed by atoms with van der Waals surface area (Å²) in [5.74, 6) is -0.412. The van der Waals surface area contributed by atoms with Gasteiger partial charge in [0.2, 0.25) is 0 Å². The van der Waals surface area contributed by atoms with Gasteiger partial charge in [-0.2, -0.15) is 4.89 Å². The van der Waals surface area contributed by atoms with Crippen LogP contribution in [0.1, 0.15) is 36.0 Å². The molecule has 0 unspecified atom stereocenters. The molecule has 3 nitrogen and oxygen atoms in total. The highest BCUT2D eigenvalue weighted by molar-refractivity contribution is 7.98. The molecule has 92 valence electrons. The Kier molecular flexibility index (Phi) is 4.45. The lowest BCUT2D eigenvalue weighted by Crippen LogP contribution is -2.13. The molecule has 0 aromatic heterocycles. The lowest BCUT2D eigenvalue weighted by Gasteiger charge is -2.09. The largest absolute Gasteiger partial charge is 0.373 e. The second-order valence-corrected chi connectivity index (χ2v) is 4.98. The van der Waals surface area contributed by atoms with Crippen LogP contribution >= 0.6 is 11.8 Å². The van der Waals surface area contributed by atoms with Gasteiger partial charge in [0.15, 0.2) is 0 Å². The molecular formula is C13H16O3S. The molecule has 0 N–H and O–H groups in total. The smallest absolute Gasteiger partial charge is 0.293 e. The molecule has 0 saturated heterocycles. The fourth-order valence-electron chi connectivity index (χ4n) is 1.87. The van der Waals surface area contributed by atoms with Crippen molar-refractivity contribution in [2.45, 2.75) is 36.7 Å². The van der Waals surface area contributed by atoms with Crippen LogP contribution in [0.4, 0.5) is 0 Å². The molecular weight excluding hydrogens is 236 g/mol. The summed E-state index contributed by atoms with van der Waals surface area (Å²) < 4.78 is 0. The fourth-order valence-corrected chi connectivity index (χ4v) is 2.28. The zero-order valence-corrected chi connectivity index (χ0v) is 10.7. The van der Waals surface area contributed by atoms with Crippen LogP contribution in [-0.4, -0.2) is 18.3 Å². The summed E-state index contributed by atoms with van der Waals surface area (Å²) in [4.78, 5) is 22.7. The van der Waals surface area contributed by atoms with E-state index in [1.807, 2.05) is 18.4 Å². The molecule has 1 fully saturated rings. The Bertz CT molecular complexity index is 369. The van der Waals surface area contributed by atoms with E-state index in [4.69, 9.17) is 9.78 Å². The Morgan fingerprint density at radius 2 is 1.88 bits per heavy atom. The van der Waals surface area contributed by atoms with Gasteiger partial charge >= 0.3 is 5.97 Å². The SMILES string of the molecule is CSc1ccc(C(=O)OOC2CCCC2)cc1. The van der Waals surface area contributed by atoms with Crippen LogP contribution in [0.25, 0.3) is 0 Å². The van der Waals surface area contributed by atoms with Crippen LogP contribution in [0, 0.1) is 0 Å². The number of benzene rings is 1. The maximum atomic E-state index is 11.6. The third kappa shape index (κ3) is 3.48. The van der Waals surface area contributed by atoms with E-state index in [2.05, 4.69) is 0 Å². The second-order valence-electron chi connectivity index (χ2n) is 4.10. The first-order chi connectivity index (χ1) is 8.29. The van der Waals surface area contributed by atoms with E-state index in [0.29, 0.717) is 5.56 Å². The van der Waals surface area contributed by atoms with Gasteiger partial charge in [-0.1, -0.05) is 12.8 Å². The molecule has 4 heteroatoms. The molecule has 0 radical (unpaired) electrons. The normalized spacial score (nSPS) is 16.1. The quantitative estimate of drug-likeness (QED) is 0.467. The Hall–Kier alpha value is -1.00. The molecule has 0 heterocycles. The number of carbonyl (C=O) groups is 1. The minimum atomic E-state index is -0.412. The third-order valence-electron chi connectivity index (χ3n) is 2.89. The summed E-state index contributed by atoms with van der Waals surface area (Å²) in [6.45, 7) is 0. The summed E-state index contributed by atoms with van der Waals surface area (Å²) in [6.07, 6.45) is 6.37. The van der Waals surface area contributed by atoms with Crippen molar-refractivity contribution in [3.63, 3.8) is 0 Å². The van der Waals surface area contributed by atoms with Crippen molar-refractivity contribution >= 4 is 17.7 Å². The van der Waals surface area contributed by atoms with Crippen molar-refractivity contribution in [3.8, 4) is 0 Å². The summed E-state index contributed by atoms with van der Waals surface area (Å²) in [5.41, 5.74) is 0.529. The number of hydrogen-bond donors (Lipinski definition) is 0. The number of carbonyl (C=O) groups excluding carboxylic acids is 1. The van der Waals surface area contributed by atoms with Crippen molar-refractivity contribution in [1.82, 2.24) is 0 Å². The second kappa shape index (κ2) is 6.07. The van der Waals surface area contributed by atoms with Crippen LogP contribution in [0.5, 0.6) is 0 Å². The van der Waals surface area contributed by atoms with E-state index >= 15 is 0 Å². The van der Waals surface area contributed by atoms with Gasteiger partial charge in [0.05, 0.1) is 5.56 Å². The van der Waals surface area contributed by atoms with Gasteiger partial charge in [-0.15, -0.1) is 11.8 Å². The Labute approximate surface area is 105 Å². The summed E-state index contributed by atoms with van der Waals surface area (Å²) >= 11 is 1.64. The topological polar surface area (TPSA) is 35.5 Å². The predicted octanol–water partition coefficient (Wildman–Crippen LogP) is 3.44. The molecule has 1 saturated carbocycles. The fraction of sp³-hybridized carbons (Fsp3) is 0.462. The van der Waals surface area contributed by atoms with Gasteiger partial charge in [-0.3, -0.25) is 4.89 Å². The average Bonchev–Trinajstić information content (AvgIpc) is 2.89. The van der Waals surface area contributed by atoms with E-state index in [9.17, 15) is 4.79 Å². The molecule has 0 bridgehead atoms. The highest BCUT2D eigenvalue weighted by Gasteiger charge is 2.19. The van der Waals surface area contributed by atoms with Crippen molar-refractivity contribution < 1.29 is 14.6 Å². The molecule has 1 aromatic rings. The number of rotatable bonds is 4. The van der Waals surface area contributed by atoms with E-state index in [1.165, 1.54) is 0 Å². The number of thioether (sulfide) groups is 1. The van der Waals surface area contributed by atoms with Crippen LogP contribution in [0.15, 0.2) is 29.2 Å². The third-order valence-corrected chi connectivity index (χ3v) is 3.63. The van der Waals surface area contributed by atoms with Gasteiger partial charge in [0.25, 0.3) is 0 Å². The standard InChI is InChI=1S/C13H16O3S/c1-17-12-8-6-10(7-9-12)13(14)16-15-11-4-2-3-5-11/h6-9,11H,2-5H2,1H3. The van der Waals surface area contributed by atoms with Gasteiger partial charge in [-0.25, -0.2) is 4.79 Å². The van der Waals surface area contributed by atoms with Gasteiger partial charge in [0.1, 0.15) is 6.10 Å². The lowest BCUT2D eigenvalue weighted by molar-refractivity contribution is -0.272. The first-order valence-electron chi connectivity index (χ1n) is 5.81. The van der Waals surface area contributed by atoms with Crippen molar-refractivity contribution in [1.29, 1.82) is 0 Å². The first-order valence-corrected chi connectivity index (χ1v) is 7.04. The summed E-state index contributed by atoms with van der Waals surface area (Å²) in [7, 11) is 0. The molecule has 0 atom stereocenters. The molecule has 1 aliphatic carbocycles. The maximum absolute atomic E-state index is 11.6. The summed E-state index contributed by atoms with van der Waals surface area (Å²) in [6, 6.07) is 7.31. The molecule has 1 aliphatic rings. The van der Waals surface area contributed by atoms with E-state index in [1.54, 1.807) is 23.9 Å². The Morgan fingerprint density at radius 1 is 1.24 bits per heavy atom. The average molecular weight is 252 g/mol. The number of hydrogen-bond acceptors (Lipinski definition) is 4. The van der Waals surface area contributed by atoms with Gasteiger partial charge in [0, 0.05) is 4.90 Å². The van der Waals surface area contributed by atoms with Crippen LogP contribution in [0.2, 0.25) is 0 Å². The zero-order valence-electron chi connectivity index (χ0n) is 9.85. The monoisotopic (exact) mass is 252 g/mol. The lowest BCUT2D eigenvalue weighted by atomic mass is 10.2. The van der Waals surface area contributed by atoms with E-state index in [0.717, 1.165) is 30.6 Å². The van der Waals surface area contributed by atoms with Gasteiger partial charge in [-0.05, 0) is 43.4 Å². The first kappa shape index (κ1) is 12.5. The molecule has 1 aromatic carbocycles.